The van der Waals surface area contributed by atoms with Crippen LogP contribution in [0, 0.1) is 12.3 Å². The molecule has 1 rings (SSSR count). The quantitative estimate of drug-likeness (QED) is 0.583. The number of amidine groups is 1. The first-order valence-electron chi connectivity index (χ1n) is 3.22. The first-order valence-corrected chi connectivity index (χ1v) is 4.01. The second-order valence-corrected chi connectivity index (χ2v) is 3.29. The number of hydrogen-bond donors (Lipinski definition) is 2. The zero-order valence-electron chi connectivity index (χ0n) is 6.60. The van der Waals surface area contributed by atoms with Gasteiger partial charge in [0.15, 0.2) is 0 Å². The lowest BCUT2D eigenvalue weighted by molar-refractivity contribution is 1.36. The molecule has 0 radical (unpaired) electrons. The van der Waals surface area contributed by atoms with Crippen molar-refractivity contribution in [3.8, 4) is 0 Å². The third-order valence-corrected chi connectivity index (χ3v) is 1.97. The average Bonchev–Trinajstić information content (AvgIpc) is 1.85. The van der Waals surface area contributed by atoms with Crippen LogP contribution in [0.2, 0.25) is 0 Å². The van der Waals surface area contributed by atoms with Crippen molar-refractivity contribution in [2.45, 2.75) is 6.92 Å². The fraction of sp³-hybridized carbons (Fsp3) is 0.125. The first kappa shape index (κ1) is 11.5. The van der Waals surface area contributed by atoms with E-state index in [1.165, 1.54) is 0 Å². The first-order chi connectivity index (χ1) is 5.11. The summed E-state index contributed by atoms with van der Waals surface area (Å²) in [4.78, 5) is 0. The second-order valence-electron chi connectivity index (χ2n) is 2.37. The van der Waals surface area contributed by atoms with Crippen molar-refractivity contribution >= 4 is 34.2 Å². The SMILES string of the molecule is Cc1cc(Br)ccc1C(=N)N.Cl. The van der Waals surface area contributed by atoms with E-state index in [9.17, 15) is 0 Å². The Hall–Kier alpha value is -0.540. The van der Waals surface area contributed by atoms with Gasteiger partial charge in [-0.05, 0) is 30.7 Å². The van der Waals surface area contributed by atoms with Crippen LogP contribution in [0.15, 0.2) is 22.7 Å². The minimum atomic E-state index is 0. The van der Waals surface area contributed by atoms with E-state index in [0.717, 1.165) is 15.6 Å². The average molecular weight is 250 g/mol. The Labute approximate surface area is 86.2 Å². The van der Waals surface area contributed by atoms with Gasteiger partial charge in [-0.15, -0.1) is 12.4 Å². The minimum absolute atomic E-state index is 0. The molecule has 0 saturated heterocycles. The summed E-state index contributed by atoms with van der Waals surface area (Å²) in [6.07, 6.45) is 0. The third kappa shape index (κ3) is 2.50. The summed E-state index contributed by atoms with van der Waals surface area (Å²) in [6, 6.07) is 5.65. The zero-order valence-corrected chi connectivity index (χ0v) is 9.00. The monoisotopic (exact) mass is 248 g/mol. The van der Waals surface area contributed by atoms with Crippen molar-refractivity contribution in [2.75, 3.05) is 0 Å². The van der Waals surface area contributed by atoms with Gasteiger partial charge in [-0.3, -0.25) is 5.41 Å². The lowest BCUT2D eigenvalue weighted by atomic mass is 10.1. The topological polar surface area (TPSA) is 49.9 Å². The van der Waals surface area contributed by atoms with Gasteiger partial charge in [0.1, 0.15) is 5.84 Å². The summed E-state index contributed by atoms with van der Waals surface area (Å²) >= 11 is 3.33. The van der Waals surface area contributed by atoms with Gasteiger partial charge >= 0.3 is 0 Å². The maximum Gasteiger partial charge on any atom is 0.123 e. The van der Waals surface area contributed by atoms with Gasteiger partial charge in [-0.25, -0.2) is 0 Å². The Morgan fingerprint density at radius 3 is 2.50 bits per heavy atom. The van der Waals surface area contributed by atoms with E-state index in [0.29, 0.717) is 0 Å². The van der Waals surface area contributed by atoms with Gasteiger partial charge in [0.2, 0.25) is 0 Å². The molecule has 0 spiro atoms. The molecule has 0 aromatic heterocycles. The molecule has 3 N–H and O–H groups in total. The van der Waals surface area contributed by atoms with Crippen LogP contribution < -0.4 is 5.73 Å². The largest absolute Gasteiger partial charge is 0.384 e. The van der Waals surface area contributed by atoms with Crippen LogP contribution in [0.5, 0.6) is 0 Å². The normalized spacial score (nSPS) is 8.83. The number of nitrogen functional groups attached to an aromatic ring is 1. The molecule has 0 saturated carbocycles. The van der Waals surface area contributed by atoms with Gasteiger partial charge in [0.25, 0.3) is 0 Å². The Bertz CT molecular complexity index is 299. The molecule has 0 amide bonds. The van der Waals surface area contributed by atoms with Crippen molar-refractivity contribution in [1.82, 2.24) is 0 Å². The predicted molar refractivity (Wildman–Crippen MR) is 57.1 cm³/mol. The van der Waals surface area contributed by atoms with Crippen LogP contribution in [0.3, 0.4) is 0 Å². The summed E-state index contributed by atoms with van der Waals surface area (Å²) in [5.41, 5.74) is 7.15. The smallest absolute Gasteiger partial charge is 0.123 e. The number of benzene rings is 1. The highest BCUT2D eigenvalue weighted by atomic mass is 79.9. The summed E-state index contributed by atoms with van der Waals surface area (Å²) in [6.45, 7) is 1.93. The lowest BCUT2D eigenvalue weighted by Gasteiger charge is -2.02. The second kappa shape index (κ2) is 4.48. The van der Waals surface area contributed by atoms with Crippen LogP contribution in [0.25, 0.3) is 0 Å². The molecule has 12 heavy (non-hydrogen) atoms. The van der Waals surface area contributed by atoms with Crippen LogP contribution in [-0.4, -0.2) is 5.84 Å². The van der Waals surface area contributed by atoms with Gasteiger partial charge in [-0.1, -0.05) is 15.9 Å². The number of halogens is 2. The Morgan fingerprint density at radius 1 is 1.50 bits per heavy atom. The van der Waals surface area contributed by atoms with Gasteiger partial charge in [0, 0.05) is 10.0 Å². The molecule has 1 aromatic carbocycles. The molecule has 0 heterocycles. The van der Waals surface area contributed by atoms with Crippen molar-refractivity contribution in [3.63, 3.8) is 0 Å². The number of hydrogen-bond acceptors (Lipinski definition) is 1. The molecule has 0 unspecified atom stereocenters. The van der Waals surface area contributed by atoms with E-state index < -0.39 is 0 Å². The van der Waals surface area contributed by atoms with Gasteiger partial charge in [0.05, 0.1) is 0 Å². The molecule has 66 valence electrons. The Balaban J connectivity index is 0.00000121. The maximum absolute atomic E-state index is 7.21. The van der Waals surface area contributed by atoms with Crippen molar-refractivity contribution in [2.24, 2.45) is 5.73 Å². The van der Waals surface area contributed by atoms with E-state index in [4.69, 9.17) is 11.1 Å². The molecular formula is C8H10BrClN2. The van der Waals surface area contributed by atoms with Crippen LogP contribution in [-0.2, 0) is 0 Å². The molecule has 0 aliphatic carbocycles. The summed E-state index contributed by atoms with van der Waals surface area (Å²) in [5.74, 6) is 0.120. The Morgan fingerprint density at radius 2 is 2.08 bits per heavy atom. The van der Waals surface area contributed by atoms with Crippen LogP contribution in [0.1, 0.15) is 11.1 Å². The molecule has 0 atom stereocenters. The van der Waals surface area contributed by atoms with Gasteiger partial charge < -0.3 is 5.73 Å². The fourth-order valence-electron chi connectivity index (χ4n) is 0.929. The summed E-state index contributed by atoms with van der Waals surface area (Å²) in [7, 11) is 0. The van der Waals surface area contributed by atoms with E-state index in [1.807, 2.05) is 25.1 Å². The van der Waals surface area contributed by atoms with Crippen LogP contribution >= 0.6 is 28.3 Å². The summed E-state index contributed by atoms with van der Waals surface area (Å²) < 4.78 is 1.01. The molecule has 0 aliphatic heterocycles. The third-order valence-electron chi connectivity index (χ3n) is 1.48. The molecule has 0 aliphatic rings. The zero-order chi connectivity index (χ0) is 8.43. The highest BCUT2D eigenvalue weighted by Gasteiger charge is 2.00. The number of nitrogens with one attached hydrogen (secondary N) is 1. The molecule has 1 aromatic rings. The Kier molecular flexibility index (Phi) is 4.28. The van der Waals surface area contributed by atoms with Crippen molar-refractivity contribution in [1.29, 1.82) is 5.41 Å². The molecule has 0 bridgehead atoms. The standard InChI is InChI=1S/C8H9BrN2.ClH/c1-5-4-6(9)2-3-7(5)8(10)11;/h2-4H,1H3,(H3,10,11);1H. The van der Waals surface area contributed by atoms with E-state index >= 15 is 0 Å². The fourth-order valence-corrected chi connectivity index (χ4v) is 1.40. The van der Waals surface area contributed by atoms with E-state index in [-0.39, 0.29) is 18.2 Å². The highest BCUT2D eigenvalue weighted by Crippen LogP contribution is 2.14. The predicted octanol–water partition coefficient (Wildman–Crippen LogP) is 2.46. The highest BCUT2D eigenvalue weighted by molar-refractivity contribution is 9.10. The van der Waals surface area contributed by atoms with Crippen molar-refractivity contribution in [3.05, 3.63) is 33.8 Å². The molecule has 4 heteroatoms. The number of nitrogens with two attached hydrogens (primary N) is 1. The van der Waals surface area contributed by atoms with Crippen LogP contribution in [0.4, 0.5) is 0 Å². The van der Waals surface area contributed by atoms with E-state index in [2.05, 4.69) is 15.9 Å². The molecule has 2 nitrogen and oxygen atoms in total. The summed E-state index contributed by atoms with van der Waals surface area (Å²) in [5, 5.41) is 7.21. The lowest BCUT2D eigenvalue weighted by Crippen LogP contribution is -2.12. The van der Waals surface area contributed by atoms with E-state index in [1.54, 1.807) is 0 Å². The van der Waals surface area contributed by atoms with Gasteiger partial charge in [-0.2, -0.15) is 0 Å². The maximum atomic E-state index is 7.21. The van der Waals surface area contributed by atoms with Crippen molar-refractivity contribution < 1.29 is 0 Å². The molecular weight excluding hydrogens is 239 g/mol. The number of aryl methyl sites for hydroxylation is 1. The minimum Gasteiger partial charge on any atom is -0.384 e. The molecule has 0 fully saturated rings. The number of rotatable bonds is 1.